The third kappa shape index (κ3) is 23.1. The van der Waals surface area contributed by atoms with Crippen molar-refractivity contribution in [2.75, 3.05) is 0 Å². The highest BCUT2D eigenvalue weighted by Gasteiger charge is 1.79. The molecule has 0 N–H and O–H groups in total. The molecule has 0 aliphatic rings. The van der Waals surface area contributed by atoms with Gasteiger partial charge in [-0.1, -0.05) is 154 Å². The molecule has 142 valence electrons. The molecule has 0 aliphatic heterocycles. The molecule has 0 nitrogen and oxygen atoms in total. The SMILES string of the molecule is C=CC=CC=CC=CC=CC=CC=CC=CC=CC=CC=CCCCCC. The molecule has 0 radical (unpaired) electrons. The van der Waals surface area contributed by atoms with Gasteiger partial charge in [-0.15, -0.1) is 0 Å². The highest BCUT2D eigenvalue weighted by atomic mass is 13.9. The van der Waals surface area contributed by atoms with E-state index in [1.807, 2.05) is 103 Å². The average Bonchev–Trinajstić information content (AvgIpc) is 2.68. The first kappa shape index (κ1) is 24.1. The lowest BCUT2D eigenvalue weighted by atomic mass is 10.2. The van der Waals surface area contributed by atoms with Gasteiger partial charge in [0.05, 0.1) is 0 Å². The predicted molar refractivity (Wildman–Crippen MR) is 126 cm³/mol. The average molecular weight is 359 g/mol. The Hall–Kier alpha value is -2.86. The second-order valence-corrected chi connectivity index (χ2v) is 5.62. The topological polar surface area (TPSA) is 0 Å². The van der Waals surface area contributed by atoms with E-state index in [0.29, 0.717) is 0 Å². The summed E-state index contributed by atoms with van der Waals surface area (Å²) >= 11 is 0. The number of hydrogen-bond acceptors (Lipinski definition) is 0. The van der Waals surface area contributed by atoms with E-state index in [-0.39, 0.29) is 0 Å². The Balaban J connectivity index is 3.85. The van der Waals surface area contributed by atoms with Gasteiger partial charge in [0.15, 0.2) is 0 Å². The normalized spacial score (nSPS) is 14.1. The Morgan fingerprint density at radius 2 is 0.778 bits per heavy atom. The second-order valence-electron chi connectivity index (χ2n) is 5.62. The van der Waals surface area contributed by atoms with Crippen LogP contribution in [-0.2, 0) is 0 Å². The molecule has 0 heteroatoms. The van der Waals surface area contributed by atoms with Crippen LogP contribution >= 0.6 is 0 Å². The van der Waals surface area contributed by atoms with Gasteiger partial charge in [0, 0.05) is 0 Å². The van der Waals surface area contributed by atoms with E-state index in [1.165, 1.54) is 25.7 Å². The van der Waals surface area contributed by atoms with Crippen molar-refractivity contribution in [3.8, 4) is 0 Å². The fourth-order valence-corrected chi connectivity index (χ4v) is 1.86. The Labute approximate surface area is 167 Å². The van der Waals surface area contributed by atoms with Crippen LogP contribution in [0.3, 0.4) is 0 Å². The Morgan fingerprint density at radius 3 is 1.11 bits per heavy atom. The summed E-state index contributed by atoms with van der Waals surface area (Å²) in [7, 11) is 0. The van der Waals surface area contributed by atoms with Crippen molar-refractivity contribution in [2.24, 2.45) is 0 Å². The monoisotopic (exact) mass is 358 g/mol. The lowest BCUT2D eigenvalue weighted by Gasteiger charge is -1.89. The molecule has 0 saturated carbocycles. The van der Waals surface area contributed by atoms with E-state index in [9.17, 15) is 0 Å². The van der Waals surface area contributed by atoms with E-state index >= 15 is 0 Å². The third-order valence-corrected chi connectivity index (χ3v) is 3.25. The van der Waals surface area contributed by atoms with Gasteiger partial charge >= 0.3 is 0 Å². The van der Waals surface area contributed by atoms with Crippen LogP contribution in [0.2, 0.25) is 0 Å². The number of allylic oxidation sites excluding steroid dienone is 21. The first-order valence-electron chi connectivity index (χ1n) is 9.69. The summed E-state index contributed by atoms with van der Waals surface area (Å²) in [6.45, 7) is 5.84. The largest absolute Gasteiger partial charge is 0.0991 e. The molecule has 27 heavy (non-hydrogen) atoms. The molecule has 0 amide bonds. The van der Waals surface area contributed by atoms with Crippen LogP contribution < -0.4 is 0 Å². The maximum atomic E-state index is 3.61. The minimum Gasteiger partial charge on any atom is -0.0991 e. The highest BCUT2D eigenvalue weighted by molar-refractivity contribution is 5.22. The van der Waals surface area contributed by atoms with Crippen LogP contribution in [0.5, 0.6) is 0 Å². The van der Waals surface area contributed by atoms with E-state index in [1.54, 1.807) is 6.08 Å². The molecule has 0 bridgehead atoms. The van der Waals surface area contributed by atoms with Gasteiger partial charge in [-0.2, -0.15) is 0 Å². The van der Waals surface area contributed by atoms with E-state index in [4.69, 9.17) is 0 Å². The van der Waals surface area contributed by atoms with E-state index < -0.39 is 0 Å². The molecular formula is C27H34. The highest BCUT2D eigenvalue weighted by Crippen LogP contribution is 1.99. The number of rotatable bonds is 14. The number of hydrogen-bond donors (Lipinski definition) is 0. The fourth-order valence-electron chi connectivity index (χ4n) is 1.86. The van der Waals surface area contributed by atoms with Gasteiger partial charge in [-0.05, 0) is 12.8 Å². The lowest BCUT2D eigenvalue weighted by Crippen LogP contribution is -1.69. The predicted octanol–water partition coefficient (Wildman–Crippen LogP) is 8.31. The van der Waals surface area contributed by atoms with Crippen LogP contribution in [0.1, 0.15) is 32.6 Å². The van der Waals surface area contributed by atoms with Crippen molar-refractivity contribution in [1.29, 1.82) is 0 Å². The first-order valence-corrected chi connectivity index (χ1v) is 9.69. The minimum atomic E-state index is 1.18. The molecule has 0 aromatic rings. The molecule has 0 aliphatic carbocycles. The summed E-state index contributed by atoms with van der Waals surface area (Å²) in [4.78, 5) is 0. The van der Waals surface area contributed by atoms with Gasteiger partial charge < -0.3 is 0 Å². The van der Waals surface area contributed by atoms with Crippen molar-refractivity contribution in [1.82, 2.24) is 0 Å². The van der Waals surface area contributed by atoms with E-state index in [0.717, 1.165) is 0 Å². The van der Waals surface area contributed by atoms with Gasteiger partial charge in [0.1, 0.15) is 0 Å². The van der Waals surface area contributed by atoms with Crippen LogP contribution in [0, 0.1) is 0 Å². The zero-order chi connectivity index (χ0) is 19.7. The molecule has 0 saturated heterocycles. The van der Waals surface area contributed by atoms with E-state index in [2.05, 4.69) is 31.7 Å². The molecule has 0 aromatic heterocycles. The minimum absolute atomic E-state index is 1.18. The summed E-state index contributed by atoms with van der Waals surface area (Å²) in [5.41, 5.74) is 0. The lowest BCUT2D eigenvalue weighted by molar-refractivity contribution is 0.729. The fraction of sp³-hybridized carbons (Fsp3) is 0.185. The maximum absolute atomic E-state index is 3.61. The van der Waals surface area contributed by atoms with Crippen LogP contribution in [0.15, 0.2) is 134 Å². The Bertz CT molecular complexity index is 623. The molecule has 0 unspecified atom stereocenters. The molecular weight excluding hydrogens is 324 g/mol. The van der Waals surface area contributed by atoms with Crippen LogP contribution in [0.25, 0.3) is 0 Å². The summed E-state index contributed by atoms with van der Waals surface area (Å²) in [5.74, 6) is 0. The summed E-state index contributed by atoms with van der Waals surface area (Å²) in [5, 5.41) is 0. The molecule has 0 rings (SSSR count). The molecule has 0 fully saturated rings. The van der Waals surface area contributed by atoms with Crippen LogP contribution in [0.4, 0.5) is 0 Å². The van der Waals surface area contributed by atoms with Gasteiger partial charge in [0.25, 0.3) is 0 Å². The summed E-state index contributed by atoms with van der Waals surface area (Å²) in [6.07, 6.45) is 47.2. The smallest absolute Gasteiger partial charge is 0.0348 e. The second kappa shape index (κ2) is 23.1. The molecule has 0 aromatic carbocycles. The number of unbranched alkanes of at least 4 members (excludes halogenated alkanes) is 3. The molecule has 0 heterocycles. The molecule has 0 atom stereocenters. The Morgan fingerprint density at radius 1 is 0.444 bits per heavy atom. The standard InChI is InChI=1S/C27H34/c1-3-5-7-9-11-13-15-17-19-21-23-25-27-26-24-22-20-18-16-14-12-10-8-6-4-2/h3,5,7,9,11-27H,1,4,6,8,10H2,2H3. The van der Waals surface area contributed by atoms with Gasteiger partial charge in [0.2, 0.25) is 0 Å². The first-order chi connectivity index (χ1) is 13.4. The summed E-state index contributed by atoms with van der Waals surface area (Å²) < 4.78 is 0. The maximum Gasteiger partial charge on any atom is -0.0348 e. The Kier molecular flexibility index (Phi) is 20.7. The molecule has 0 spiro atoms. The zero-order valence-corrected chi connectivity index (χ0v) is 16.7. The zero-order valence-electron chi connectivity index (χ0n) is 16.7. The van der Waals surface area contributed by atoms with Crippen molar-refractivity contribution < 1.29 is 0 Å². The third-order valence-electron chi connectivity index (χ3n) is 3.25. The summed E-state index contributed by atoms with van der Waals surface area (Å²) in [6, 6.07) is 0. The van der Waals surface area contributed by atoms with Gasteiger partial charge in [-0.3, -0.25) is 0 Å². The van der Waals surface area contributed by atoms with Crippen molar-refractivity contribution >= 4 is 0 Å². The van der Waals surface area contributed by atoms with Crippen molar-refractivity contribution in [2.45, 2.75) is 32.6 Å². The van der Waals surface area contributed by atoms with Crippen molar-refractivity contribution in [3.05, 3.63) is 134 Å². The van der Waals surface area contributed by atoms with Crippen molar-refractivity contribution in [3.63, 3.8) is 0 Å². The van der Waals surface area contributed by atoms with Gasteiger partial charge in [-0.25, -0.2) is 0 Å². The van der Waals surface area contributed by atoms with Crippen LogP contribution in [-0.4, -0.2) is 0 Å². The quantitative estimate of drug-likeness (QED) is 0.216.